The molecule has 0 saturated carbocycles. The molecule has 0 spiro atoms. The van der Waals surface area contributed by atoms with Gasteiger partial charge in [-0.1, -0.05) is 35.9 Å². The first-order valence-corrected chi connectivity index (χ1v) is 7.79. The summed E-state index contributed by atoms with van der Waals surface area (Å²) < 4.78 is 10.6. The fourth-order valence-electron chi connectivity index (χ4n) is 3.02. The van der Waals surface area contributed by atoms with Crippen LogP contribution in [0, 0.1) is 5.21 Å². The van der Waals surface area contributed by atoms with Gasteiger partial charge in [-0.15, -0.1) is 0 Å². The molecule has 1 fully saturated rings. The van der Waals surface area contributed by atoms with Gasteiger partial charge in [-0.05, 0) is 19.4 Å². The van der Waals surface area contributed by atoms with Crippen LogP contribution in [0.15, 0.2) is 46.5 Å². The van der Waals surface area contributed by atoms with Crippen LogP contribution in [-0.4, -0.2) is 41.9 Å². The normalized spacial score (nSPS) is 27.4. The molecule has 1 saturated heterocycles. The number of fused-ring (bicyclic) bond motifs is 1. The lowest BCUT2D eigenvalue weighted by molar-refractivity contribution is -0.964. The summed E-state index contributed by atoms with van der Waals surface area (Å²) in [5.41, 5.74) is 1.93. The third kappa shape index (κ3) is 2.93. The van der Waals surface area contributed by atoms with E-state index in [4.69, 9.17) is 14.6 Å². The van der Waals surface area contributed by atoms with E-state index in [1.54, 1.807) is 13.8 Å². The average molecular weight is 332 g/mol. The minimum absolute atomic E-state index is 0.145. The van der Waals surface area contributed by atoms with Crippen molar-refractivity contribution in [3.8, 4) is 0 Å². The highest BCUT2D eigenvalue weighted by Crippen LogP contribution is 2.27. The topological polar surface area (TPSA) is 95.6 Å². The minimum atomic E-state index is -0.687. The fourth-order valence-corrected chi connectivity index (χ4v) is 3.02. The fraction of sp³-hybridized carbons (Fsp3) is 0.412. The lowest BCUT2D eigenvalue weighted by Gasteiger charge is -2.48. The first-order valence-electron chi connectivity index (χ1n) is 7.79. The van der Waals surface area contributed by atoms with Gasteiger partial charge < -0.3 is 24.9 Å². The number of benzene rings is 1. The average Bonchev–Trinajstić information content (AvgIpc) is 2.97. The van der Waals surface area contributed by atoms with Crippen molar-refractivity contribution in [2.75, 3.05) is 6.61 Å². The molecule has 0 amide bonds. The van der Waals surface area contributed by atoms with E-state index in [-0.39, 0.29) is 24.2 Å². The van der Waals surface area contributed by atoms with Crippen LogP contribution in [0.4, 0.5) is 0 Å². The minimum Gasteiger partial charge on any atom is -0.631 e. The summed E-state index contributed by atoms with van der Waals surface area (Å²) in [6.07, 6.45) is -0.687. The molecular formula is C17H20N2O5. The van der Waals surface area contributed by atoms with Crippen LogP contribution in [0.2, 0.25) is 0 Å². The molecular weight excluding hydrogens is 312 g/mol. The number of aliphatic imine (C=N–C) groups is 1. The number of aliphatic hydroxyl groups is 1. The van der Waals surface area contributed by atoms with Gasteiger partial charge >= 0.3 is 5.97 Å². The quantitative estimate of drug-likeness (QED) is 0.448. The molecule has 4 atom stereocenters. The molecule has 0 radical (unpaired) electrons. The molecule has 128 valence electrons. The van der Waals surface area contributed by atoms with Crippen molar-refractivity contribution in [2.24, 2.45) is 4.99 Å². The lowest BCUT2D eigenvalue weighted by Crippen LogP contribution is -3.26. The van der Waals surface area contributed by atoms with Crippen LogP contribution < -0.4 is 5.06 Å². The third-order valence-electron chi connectivity index (χ3n) is 4.21. The van der Waals surface area contributed by atoms with E-state index in [1.165, 1.54) is 0 Å². The molecule has 0 aliphatic carbocycles. The largest absolute Gasteiger partial charge is 0.631 e. The Hall–Kier alpha value is -2.22. The Balaban J connectivity index is 1.73. The highest BCUT2D eigenvalue weighted by atomic mass is 16.6. The Bertz CT molecular complexity index is 681. The second-order valence-electron chi connectivity index (χ2n) is 6.07. The van der Waals surface area contributed by atoms with E-state index in [9.17, 15) is 10.0 Å². The maximum atomic E-state index is 12.5. The molecule has 0 bridgehead atoms. The molecule has 0 aromatic heterocycles. The molecule has 7 nitrogen and oxygen atoms in total. The van der Waals surface area contributed by atoms with Crippen molar-refractivity contribution in [3.63, 3.8) is 0 Å². The number of nitrogens with one attached hydrogen (secondary N) is 1. The molecule has 2 N–H and O–H groups in total. The highest BCUT2D eigenvalue weighted by molar-refractivity contribution is 5.91. The SMILES string of the molecule is CC(C)=C(C(=O)OCc1ccccc1)C1C2N=C(CO)OC2[NH+]1[O-]. The monoisotopic (exact) mass is 332 g/mol. The first kappa shape index (κ1) is 16.6. The predicted molar refractivity (Wildman–Crippen MR) is 85.9 cm³/mol. The number of carbonyl (C=O) groups is 1. The van der Waals surface area contributed by atoms with Gasteiger partial charge in [0.1, 0.15) is 13.2 Å². The van der Waals surface area contributed by atoms with Crippen molar-refractivity contribution < 1.29 is 24.4 Å². The molecule has 1 aromatic carbocycles. The predicted octanol–water partition coefficient (Wildman–Crippen LogP) is -0.0532. The van der Waals surface area contributed by atoms with Gasteiger partial charge in [0.15, 0.2) is 12.1 Å². The van der Waals surface area contributed by atoms with Crippen molar-refractivity contribution in [1.82, 2.24) is 0 Å². The molecule has 7 heteroatoms. The van der Waals surface area contributed by atoms with Gasteiger partial charge in [0.25, 0.3) is 6.23 Å². The summed E-state index contributed by atoms with van der Waals surface area (Å²) in [6.45, 7) is 3.33. The van der Waals surface area contributed by atoms with E-state index in [2.05, 4.69) is 4.99 Å². The number of hydroxylamine groups is 2. The Kier molecular flexibility index (Phi) is 4.66. The van der Waals surface area contributed by atoms with E-state index < -0.39 is 24.3 Å². The lowest BCUT2D eigenvalue weighted by atomic mass is 9.88. The van der Waals surface area contributed by atoms with Gasteiger partial charge in [-0.2, -0.15) is 0 Å². The standard InChI is InChI=1S/C17H20N2O5/c1-10(2)13(17(21)23-9-11-6-4-3-5-7-11)15-14-16(19(15)22)24-12(8-20)18-14/h3-7,14-16,19-20H,8-9H2,1-2H3. The summed E-state index contributed by atoms with van der Waals surface area (Å²) >= 11 is 0. The van der Waals surface area contributed by atoms with Gasteiger partial charge in [0.05, 0.1) is 5.57 Å². The van der Waals surface area contributed by atoms with Crippen LogP contribution in [0.5, 0.6) is 0 Å². The van der Waals surface area contributed by atoms with E-state index in [0.29, 0.717) is 5.57 Å². The zero-order valence-corrected chi connectivity index (χ0v) is 13.6. The number of hydrogen-bond acceptors (Lipinski definition) is 6. The van der Waals surface area contributed by atoms with Crippen LogP contribution in [0.25, 0.3) is 0 Å². The van der Waals surface area contributed by atoms with Gasteiger partial charge in [-0.3, -0.25) is 0 Å². The van der Waals surface area contributed by atoms with E-state index in [1.807, 2.05) is 30.3 Å². The Morgan fingerprint density at radius 3 is 2.71 bits per heavy atom. The van der Waals surface area contributed by atoms with Crippen molar-refractivity contribution in [3.05, 3.63) is 52.2 Å². The van der Waals surface area contributed by atoms with Gasteiger partial charge in [-0.25, -0.2) is 9.79 Å². The molecule has 2 heterocycles. The van der Waals surface area contributed by atoms with E-state index in [0.717, 1.165) is 11.1 Å². The number of nitrogens with zero attached hydrogens (tertiary/aromatic N) is 1. The Morgan fingerprint density at radius 2 is 2.08 bits per heavy atom. The zero-order chi connectivity index (χ0) is 17.3. The number of aliphatic hydroxyl groups excluding tert-OH is 1. The van der Waals surface area contributed by atoms with Crippen molar-refractivity contribution in [1.29, 1.82) is 0 Å². The summed E-state index contributed by atoms with van der Waals surface area (Å²) in [4.78, 5) is 16.7. The molecule has 4 unspecified atom stereocenters. The number of carbonyl (C=O) groups excluding carboxylic acids is 1. The number of ether oxygens (including phenoxy) is 2. The maximum absolute atomic E-state index is 12.5. The molecule has 1 aromatic rings. The van der Waals surface area contributed by atoms with Crippen LogP contribution in [0.1, 0.15) is 19.4 Å². The second-order valence-corrected chi connectivity index (χ2v) is 6.07. The molecule has 3 rings (SSSR count). The second kappa shape index (κ2) is 6.72. The van der Waals surface area contributed by atoms with Gasteiger partial charge in [0.2, 0.25) is 5.90 Å². The summed E-state index contributed by atoms with van der Waals surface area (Å²) in [5, 5.41) is 21.2. The van der Waals surface area contributed by atoms with Crippen LogP contribution in [0.3, 0.4) is 0 Å². The number of allylic oxidation sites excluding steroid dienone is 1. The van der Waals surface area contributed by atoms with Gasteiger partial charge in [0, 0.05) is 0 Å². The number of quaternary nitrogens is 1. The molecule has 2 aliphatic rings. The number of rotatable bonds is 5. The first-order chi connectivity index (χ1) is 11.5. The summed E-state index contributed by atoms with van der Waals surface area (Å²) in [6, 6.07) is 8.24. The Labute approximate surface area is 139 Å². The highest BCUT2D eigenvalue weighted by Gasteiger charge is 2.58. The van der Waals surface area contributed by atoms with Crippen molar-refractivity contribution in [2.45, 2.75) is 38.8 Å². The van der Waals surface area contributed by atoms with Crippen molar-refractivity contribution >= 4 is 11.9 Å². The van der Waals surface area contributed by atoms with Crippen LogP contribution >= 0.6 is 0 Å². The summed E-state index contributed by atoms with van der Waals surface area (Å²) in [5.74, 6) is -0.366. The smallest absolute Gasteiger partial charge is 0.340 e. The zero-order valence-electron chi connectivity index (χ0n) is 13.6. The number of hydrogen-bond donors (Lipinski definition) is 2. The third-order valence-corrected chi connectivity index (χ3v) is 4.21. The Morgan fingerprint density at radius 1 is 1.38 bits per heavy atom. The number of esters is 1. The molecule has 24 heavy (non-hydrogen) atoms. The van der Waals surface area contributed by atoms with E-state index >= 15 is 0 Å². The van der Waals surface area contributed by atoms with Crippen LogP contribution in [-0.2, 0) is 20.9 Å². The maximum Gasteiger partial charge on any atom is 0.340 e. The summed E-state index contributed by atoms with van der Waals surface area (Å²) in [7, 11) is 0. The molecule has 2 aliphatic heterocycles.